The van der Waals surface area contributed by atoms with E-state index in [1.807, 2.05) is 60.7 Å². The van der Waals surface area contributed by atoms with Crippen LogP contribution in [0, 0.1) is 0 Å². The Morgan fingerprint density at radius 2 is 1.54 bits per heavy atom. The van der Waals surface area contributed by atoms with Gasteiger partial charge in [0.25, 0.3) is 5.91 Å². The van der Waals surface area contributed by atoms with E-state index in [-0.39, 0.29) is 5.91 Å². The molecular formula is C23H23NO4. The molecule has 0 saturated carbocycles. The van der Waals surface area contributed by atoms with Crippen molar-refractivity contribution in [2.75, 3.05) is 21.3 Å². The summed E-state index contributed by atoms with van der Waals surface area (Å²) in [5.74, 6) is 2.56. The van der Waals surface area contributed by atoms with Crippen LogP contribution in [0.15, 0.2) is 72.8 Å². The van der Waals surface area contributed by atoms with E-state index >= 15 is 0 Å². The molecule has 3 aromatic rings. The number of benzene rings is 3. The van der Waals surface area contributed by atoms with Gasteiger partial charge in [0.1, 0.15) is 11.5 Å². The Kier molecular flexibility index (Phi) is 6.17. The van der Waals surface area contributed by atoms with Gasteiger partial charge in [-0.2, -0.15) is 0 Å². The molecule has 0 aromatic heterocycles. The van der Waals surface area contributed by atoms with Crippen molar-refractivity contribution in [1.82, 2.24) is 4.90 Å². The topological polar surface area (TPSA) is 48.0 Å². The first-order valence-electron chi connectivity index (χ1n) is 8.90. The van der Waals surface area contributed by atoms with Gasteiger partial charge in [-0.3, -0.25) is 4.79 Å². The quantitative estimate of drug-likeness (QED) is 0.595. The molecule has 5 nitrogen and oxygen atoms in total. The molecule has 0 N–H and O–H groups in total. The standard InChI is InChI=1S/C23H23NO4/c1-24(16-17-12-13-21(26-2)22(14-17)27-3)23(25)18-8-7-11-20(15-18)28-19-9-5-4-6-10-19/h4-15H,16H2,1-3H3. The van der Waals surface area contributed by atoms with Crippen molar-refractivity contribution in [2.24, 2.45) is 0 Å². The molecule has 0 aliphatic rings. The molecule has 0 fully saturated rings. The number of para-hydroxylation sites is 1. The number of methoxy groups -OCH3 is 2. The molecule has 0 bridgehead atoms. The van der Waals surface area contributed by atoms with Gasteiger partial charge in [-0.1, -0.05) is 30.3 Å². The first-order valence-corrected chi connectivity index (χ1v) is 8.90. The first kappa shape index (κ1) is 19.3. The van der Waals surface area contributed by atoms with Gasteiger partial charge in [-0.25, -0.2) is 0 Å². The van der Waals surface area contributed by atoms with E-state index in [0.717, 1.165) is 11.3 Å². The van der Waals surface area contributed by atoms with Crippen LogP contribution in [0.3, 0.4) is 0 Å². The van der Waals surface area contributed by atoms with Gasteiger partial charge >= 0.3 is 0 Å². The molecule has 1 amide bonds. The average molecular weight is 377 g/mol. The smallest absolute Gasteiger partial charge is 0.254 e. The molecule has 0 radical (unpaired) electrons. The highest BCUT2D eigenvalue weighted by atomic mass is 16.5. The fourth-order valence-electron chi connectivity index (χ4n) is 2.86. The number of carbonyl (C=O) groups is 1. The van der Waals surface area contributed by atoms with Crippen LogP contribution in [0.5, 0.6) is 23.0 Å². The van der Waals surface area contributed by atoms with E-state index in [2.05, 4.69) is 0 Å². The van der Waals surface area contributed by atoms with Gasteiger partial charge in [-0.05, 0) is 48.0 Å². The van der Waals surface area contributed by atoms with E-state index in [1.165, 1.54) is 0 Å². The molecule has 0 aliphatic heterocycles. The van der Waals surface area contributed by atoms with Crippen molar-refractivity contribution in [3.8, 4) is 23.0 Å². The Balaban J connectivity index is 1.72. The Hall–Kier alpha value is -3.47. The van der Waals surface area contributed by atoms with Crippen molar-refractivity contribution in [3.63, 3.8) is 0 Å². The van der Waals surface area contributed by atoms with Gasteiger partial charge in [0.2, 0.25) is 0 Å². The van der Waals surface area contributed by atoms with E-state index in [0.29, 0.717) is 29.4 Å². The van der Waals surface area contributed by atoms with Crippen molar-refractivity contribution in [3.05, 3.63) is 83.9 Å². The molecule has 0 unspecified atom stereocenters. The molecule has 3 rings (SSSR count). The largest absolute Gasteiger partial charge is 0.493 e. The number of amides is 1. The number of carbonyl (C=O) groups excluding carboxylic acids is 1. The Morgan fingerprint density at radius 1 is 0.821 bits per heavy atom. The van der Waals surface area contributed by atoms with Crippen LogP contribution in [0.25, 0.3) is 0 Å². The summed E-state index contributed by atoms with van der Waals surface area (Å²) in [5.41, 5.74) is 1.52. The van der Waals surface area contributed by atoms with Crippen LogP contribution in [0.2, 0.25) is 0 Å². The van der Waals surface area contributed by atoms with E-state index in [1.54, 1.807) is 38.3 Å². The summed E-state index contributed by atoms with van der Waals surface area (Å²) in [4.78, 5) is 14.5. The molecule has 144 valence electrons. The van der Waals surface area contributed by atoms with Crippen molar-refractivity contribution < 1.29 is 19.0 Å². The lowest BCUT2D eigenvalue weighted by Crippen LogP contribution is -2.26. The summed E-state index contributed by atoms with van der Waals surface area (Å²) >= 11 is 0. The van der Waals surface area contributed by atoms with Crippen molar-refractivity contribution in [1.29, 1.82) is 0 Å². The highest BCUT2D eigenvalue weighted by molar-refractivity contribution is 5.94. The van der Waals surface area contributed by atoms with Crippen LogP contribution in [0.4, 0.5) is 0 Å². The fourth-order valence-corrected chi connectivity index (χ4v) is 2.86. The zero-order valence-corrected chi connectivity index (χ0v) is 16.2. The third-order valence-electron chi connectivity index (χ3n) is 4.27. The Morgan fingerprint density at radius 3 is 2.25 bits per heavy atom. The third-order valence-corrected chi connectivity index (χ3v) is 4.27. The molecule has 0 saturated heterocycles. The number of rotatable bonds is 7. The summed E-state index contributed by atoms with van der Waals surface area (Å²) in [5, 5.41) is 0. The minimum Gasteiger partial charge on any atom is -0.493 e. The van der Waals surface area contributed by atoms with E-state index in [9.17, 15) is 4.79 Å². The molecule has 28 heavy (non-hydrogen) atoms. The zero-order valence-electron chi connectivity index (χ0n) is 16.2. The van der Waals surface area contributed by atoms with Crippen molar-refractivity contribution >= 4 is 5.91 Å². The normalized spacial score (nSPS) is 10.2. The van der Waals surface area contributed by atoms with Crippen LogP contribution >= 0.6 is 0 Å². The average Bonchev–Trinajstić information content (AvgIpc) is 2.74. The minimum atomic E-state index is -0.0895. The van der Waals surface area contributed by atoms with Gasteiger partial charge in [0.05, 0.1) is 14.2 Å². The summed E-state index contributed by atoms with van der Waals surface area (Å²) in [6.07, 6.45) is 0. The van der Waals surface area contributed by atoms with Crippen LogP contribution in [-0.4, -0.2) is 32.1 Å². The second-order valence-corrected chi connectivity index (χ2v) is 6.29. The van der Waals surface area contributed by atoms with E-state index < -0.39 is 0 Å². The van der Waals surface area contributed by atoms with Crippen LogP contribution < -0.4 is 14.2 Å². The second kappa shape index (κ2) is 8.95. The van der Waals surface area contributed by atoms with Crippen molar-refractivity contribution in [2.45, 2.75) is 6.54 Å². The van der Waals surface area contributed by atoms with E-state index in [4.69, 9.17) is 14.2 Å². The van der Waals surface area contributed by atoms with Crippen LogP contribution in [0.1, 0.15) is 15.9 Å². The third kappa shape index (κ3) is 4.62. The number of hydrogen-bond donors (Lipinski definition) is 0. The fraction of sp³-hybridized carbons (Fsp3) is 0.174. The molecule has 5 heteroatoms. The van der Waals surface area contributed by atoms with Gasteiger partial charge < -0.3 is 19.1 Å². The summed E-state index contributed by atoms with van der Waals surface area (Å²) in [7, 11) is 4.95. The summed E-state index contributed by atoms with van der Waals surface area (Å²) in [6, 6.07) is 22.3. The SMILES string of the molecule is COc1ccc(CN(C)C(=O)c2cccc(Oc3ccccc3)c2)cc1OC. The second-order valence-electron chi connectivity index (χ2n) is 6.29. The lowest BCUT2D eigenvalue weighted by molar-refractivity contribution is 0.0784. The predicted molar refractivity (Wildman–Crippen MR) is 108 cm³/mol. The monoisotopic (exact) mass is 377 g/mol. The molecule has 3 aromatic carbocycles. The lowest BCUT2D eigenvalue weighted by atomic mass is 10.1. The molecule has 0 atom stereocenters. The Labute approximate surface area is 165 Å². The molecular weight excluding hydrogens is 354 g/mol. The summed E-state index contributed by atoms with van der Waals surface area (Å²) < 4.78 is 16.4. The maximum absolute atomic E-state index is 12.8. The Bertz CT molecular complexity index is 940. The van der Waals surface area contributed by atoms with Gasteiger partial charge in [0.15, 0.2) is 11.5 Å². The van der Waals surface area contributed by atoms with Gasteiger partial charge in [-0.15, -0.1) is 0 Å². The summed E-state index contributed by atoms with van der Waals surface area (Å²) in [6.45, 7) is 0.447. The predicted octanol–water partition coefficient (Wildman–Crippen LogP) is 4.77. The number of nitrogens with zero attached hydrogens (tertiary/aromatic N) is 1. The first-order chi connectivity index (χ1) is 13.6. The maximum atomic E-state index is 12.8. The number of ether oxygens (including phenoxy) is 3. The lowest BCUT2D eigenvalue weighted by Gasteiger charge is -2.19. The molecule has 0 spiro atoms. The molecule has 0 aliphatic carbocycles. The molecule has 0 heterocycles. The highest BCUT2D eigenvalue weighted by Crippen LogP contribution is 2.28. The highest BCUT2D eigenvalue weighted by Gasteiger charge is 2.14. The minimum absolute atomic E-state index is 0.0895. The van der Waals surface area contributed by atoms with Gasteiger partial charge in [0, 0.05) is 19.2 Å². The number of hydrogen-bond acceptors (Lipinski definition) is 4. The maximum Gasteiger partial charge on any atom is 0.254 e. The van der Waals surface area contributed by atoms with Crippen LogP contribution in [-0.2, 0) is 6.54 Å². The zero-order chi connectivity index (χ0) is 19.9.